The minimum atomic E-state index is 0.0851. The number of phenols is 1. The maximum Gasteiger partial charge on any atom is 0.138 e. The molecule has 26 heavy (non-hydrogen) atoms. The molecule has 0 unspecified atom stereocenters. The Morgan fingerprint density at radius 1 is 1.04 bits per heavy atom. The lowest BCUT2D eigenvalue weighted by Crippen LogP contribution is -2.11. The van der Waals surface area contributed by atoms with Gasteiger partial charge in [-0.1, -0.05) is 40.0 Å². The Labute approximate surface area is 154 Å². The fourth-order valence-electron chi connectivity index (χ4n) is 2.12. The third-order valence-electron chi connectivity index (χ3n) is 3.93. The number of rotatable bonds is 3. The standard InChI is InChI=1S/C11H12N2O.C10H15NO/c1-7(2)8(3)14-9-4-5-10-11(6-9)13-12-10;1-10(2,3)7-4-5-9(12)8(11)6-7/h4-6,12-13H,1,3H2,2H3;4-6,12H,11H2,1-3H3. The third kappa shape index (κ3) is 4.72. The highest BCUT2D eigenvalue weighted by Crippen LogP contribution is 2.28. The zero-order valence-electron chi connectivity index (χ0n) is 15.8. The molecular weight excluding hydrogens is 326 g/mol. The van der Waals surface area contributed by atoms with E-state index in [9.17, 15) is 5.11 Å². The van der Waals surface area contributed by atoms with Gasteiger partial charge in [0.25, 0.3) is 0 Å². The summed E-state index contributed by atoms with van der Waals surface area (Å²) in [5, 5.41) is 15.1. The molecule has 0 bridgehead atoms. The lowest BCUT2D eigenvalue weighted by molar-refractivity contribution is 0.439. The Kier molecular flexibility index (Phi) is 5.50. The molecule has 0 saturated heterocycles. The van der Waals surface area contributed by atoms with Crippen molar-refractivity contribution < 1.29 is 9.84 Å². The van der Waals surface area contributed by atoms with Crippen LogP contribution in [0, 0.1) is 0 Å². The first-order chi connectivity index (χ1) is 12.1. The van der Waals surface area contributed by atoms with Gasteiger partial charge in [-0.15, -0.1) is 0 Å². The number of hydrogen-bond acceptors (Lipinski definition) is 3. The third-order valence-corrected chi connectivity index (χ3v) is 3.93. The molecule has 0 spiro atoms. The van der Waals surface area contributed by atoms with E-state index >= 15 is 0 Å². The van der Waals surface area contributed by atoms with Crippen molar-refractivity contribution in [1.82, 2.24) is 10.2 Å². The molecular formula is C21H27N3O2. The van der Waals surface area contributed by atoms with Crippen LogP contribution >= 0.6 is 0 Å². The van der Waals surface area contributed by atoms with E-state index in [0.717, 1.165) is 27.9 Å². The van der Waals surface area contributed by atoms with E-state index < -0.39 is 0 Å². The molecule has 5 N–H and O–H groups in total. The fraction of sp³-hybridized carbons (Fsp3) is 0.238. The van der Waals surface area contributed by atoms with Crippen LogP contribution in [0.25, 0.3) is 11.0 Å². The summed E-state index contributed by atoms with van der Waals surface area (Å²) in [5.41, 5.74) is 10.2. The Morgan fingerprint density at radius 2 is 1.69 bits per heavy atom. The van der Waals surface area contributed by atoms with Crippen LogP contribution < -0.4 is 10.5 Å². The van der Waals surface area contributed by atoms with Gasteiger partial charge >= 0.3 is 0 Å². The number of phenolic OH excluding ortho intramolecular Hbond substituents is 1. The van der Waals surface area contributed by atoms with E-state index in [4.69, 9.17) is 10.5 Å². The van der Waals surface area contributed by atoms with Gasteiger partial charge in [0.1, 0.15) is 17.3 Å². The van der Waals surface area contributed by atoms with Crippen LogP contribution in [0.1, 0.15) is 33.3 Å². The number of H-pyrrole nitrogens is 2. The van der Waals surface area contributed by atoms with E-state index in [0.29, 0.717) is 11.4 Å². The van der Waals surface area contributed by atoms with Crippen LogP contribution in [-0.2, 0) is 5.41 Å². The fourth-order valence-corrected chi connectivity index (χ4v) is 2.12. The maximum atomic E-state index is 9.18. The van der Waals surface area contributed by atoms with Crippen LogP contribution in [0.2, 0.25) is 0 Å². The van der Waals surface area contributed by atoms with E-state index in [-0.39, 0.29) is 11.2 Å². The number of nitrogen functional groups attached to an aromatic ring is 1. The van der Waals surface area contributed by atoms with Crippen molar-refractivity contribution in [3.05, 3.63) is 66.5 Å². The molecule has 5 nitrogen and oxygen atoms in total. The summed E-state index contributed by atoms with van der Waals surface area (Å²) < 4.78 is 5.48. The predicted molar refractivity (Wildman–Crippen MR) is 108 cm³/mol. The van der Waals surface area contributed by atoms with Crippen molar-refractivity contribution in [3.63, 3.8) is 0 Å². The van der Waals surface area contributed by atoms with Crippen LogP contribution in [0.3, 0.4) is 0 Å². The predicted octanol–water partition coefficient (Wildman–Crippen LogP) is 5.24. The second-order valence-corrected chi connectivity index (χ2v) is 7.29. The molecule has 0 saturated carbocycles. The number of nitrogens with one attached hydrogen (secondary N) is 2. The van der Waals surface area contributed by atoms with Gasteiger partial charge in [0, 0.05) is 6.07 Å². The average Bonchev–Trinajstić information content (AvgIpc) is 2.52. The highest BCUT2D eigenvalue weighted by atomic mass is 16.5. The molecule has 3 rings (SSSR count). The van der Waals surface area contributed by atoms with Crippen LogP contribution in [-0.4, -0.2) is 15.3 Å². The number of anilines is 1. The van der Waals surface area contributed by atoms with Gasteiger partial charge in [0.2, 0.25) is 0 Å². The number of benzene rings is 2. The molecule has 0 aliphatic rings. The number of ether oxygens (including phenoxy) is 1. The van der Waals surface area contributed by atoms with Crippen molar-refractivity contribution >= 4 is 16.7 Å². The van der Waals surface area contributed by atoms with Gasteiger partial charge in [0.05, 0.1) is 16.7 Å². The minimum Gasteiger partial charge on any atom is -0.506 e. The molecule has 0 atom stereocenters. The number of aromatic hydroxyl groups is 1. The summed E-state index contributed by atoms with van der Waals surface area (Å²) in [4.78, 5) is 0. The molecule has 1 heterocycles. The zero-order valence-corrected chi connectivity index (χ0v) is 15.8. The highest BCUT2D eigenvalue weighted by Gasteiger charge is 2.14. The van der Waals surface area contributed by atoms with Gasteiger partial charge < -0.3 is 15.6 Å². The zero-order chi connectivity index (χ0) is 19.5. The number of hydrogen-bond donors (Lipinski definition) is 4. The quantitative estimate of drug-likeness (QED) is 0.225. The summed E-state index contributed by atoms with van der Waals surface area (Å²) >= 11 is 0. The molecule has 0 aliphatic carbocycles. The van der Waals surface area contributed by atoms with Gasteiger partial charge in [-0.2, -0.15) is 0 Å². The summed E-state index contributed by atoms with van der Waals surface area (Å²) in [7, 11) is 0. The SMILES string of the molecule is C=C(C)C(=C)Oc1ccc2[nH][nH]c2c1.CC(C)(C)c1ccc(O)c(N)c1. The van der Waals surface area contributed by atoms with E-state index in [1.165, 1.54) is 0 Å². The van der Waals surface area contributed by atoms with Gasteiger partial charge in [-0.05, 0) is 47.7 Å². The normalized spacial score (nSPS) is 10.9. The topological polar surface area (TPSA) is 87.1 Å². The Bertz CT molecular complexity index is 926. The van der Waals surface area contributed by atoms with Crippen molar-refractivity contribution in [2.24, 2.45) is 0 Å². The number of allylic oxidation sites excluding steroid dienone is 1. The number of nitrogens with two attached hydrogens (primary N) is 1. The highest BCUT2D eigenvalue weighted by molar-refractivity contribution is 5.77. The Balaban J connectivity index is 0.000000190. The minimum absolute atomic E-state index is 0.0851. The lowest BCUT2D eigenvalue weighted by atomic mass is 9.87. The monoisotopic (exact) mass is 353 g/mol. The summed E-state index contributed by atoms with van der Waals surface area (Å²) in [5.74, 6) is 1.52. The number of aromatic amines is 2. The first-order valence-corrected chi connectivity index (χ1v) is 8.35. The molecule has 2 aromatic carbocycles. The first kappa shape index (κ1) is 19.2. The van der Waals surface area contributed by atoms with Gasteiger partial charge in [0.15, 0.2) is 0 Å². The second kappa shape index (κ2) is 7.44. The largest absolute Gasteiger partial charge is 0.506 e. The molecule has 3 aromatic rings. The number of fused-ring (bicyclic) bond motifs is 1. The van der Waals surface area contributed by atoms with Crippen molar-refractivity contribution in [2.45, 2.75) is 33.1 Å². The van der Waals surface area contributed by atoms with Crippen LogP contribution in [0.5, 0.6) is 11.5 Å². The van der Waals surface area contributed by atoms with Gasteiger partial charge in [-0.25, -0.2) is 0 Å². The van der Waals surface area contributed by atoms with Crippen molar-refractivity contribution in [2.75, 3.05) is 5.73 Å². The van der Waals surface area contributed by atoms with Gasteiger partial charge in [-0.3, -0.25) is 10.2 Å². The Morgan fingerprint density at radius 3 is 2.15 bits per heavy atom. The van der Waals surface area contributed by atoms with Crippen molar-refractivity contribution in [3.8, 4) is 11.5 Å². The number of aromatic nitrogens is 2. The van der Waals surface area contributed by atoms with Crippen molar-refractivity contribution in [1.29, 1.82) is 0 Å². The van der Waals surface area contributed by atoms with E-state index in [1.807, 2.05) is 37.3 Å². The molecule has 0 aliphatic heterocycles. The van der Waals surface area contributed by atoms with Crippen LogP contribution in [0.15, 0.2) is 60.9 Å². The molecule has 0 radical (unpaired) electrons. The average molecular weight is 353 g/mol. The molecule has 1 aromatic heterocycles. The van der Waals surface area contributed by atoms with E-state index in [2.05, 4.69) is 44.1 Å². The summed E-state index contributed by atoms with van der Waals surface area (Å²) in [6, 6.07) is 11.1. The molecule has 138 valence electrons. The molecule has 0 fully saturated rings. The smallest absolute Gasteiger partial charge is 0.138 e. The summed E-state index contributed by atoms with van der Waals surface area (Å²) in [6.45, 7) is 15.7. The summed E-state index contributed by atoms with van der Waals surface area (Å²) in [6.07, 6.45) is 0. The first-order valence-electron chi connectivity index (χ1n) is 8.35. The lowest BCUT2D eigenvalue weighted by Gasteiger charge is -2.19. The Hall–Kier alpha value is -3.08. The van der Waals surface area contributed by atoms with Crippen LogP contribution in [0.4, 0.5) is 5.69 Å². The maximum absolute atomic E-state index is 9.18. The van der Waals surface area contributed by atoms with E-state index in [1.54, 1.807) is 6.07 Å². The second-order valence-electron chi connectivity index (χ2n) is 7.29. The molecule has 0 amide bonds. The molecule has 5 heteroatoms.